The van der Waals surface area contributed by atoms with E-state index in [-0.39, 0.29) is 23.8 Å². The van der Waals surface area contributed by atoms with Crippen LogP contribution in [0, 0.1) is 5.82 Å². The maximum Gasteiger partial charge on any atom is 0.242 e. The Kier molecular flexibility index (Phi) is 4.10. The van der Waals surface area contributed by atoms with E-state index in [2.05, 4.69) is 9.71 Å². The summed E-state index contributed by atoms with van der Waals surface area (Å²) in [7, 11) is -3.73. The molecule has 8 heteroatoms. The lowest BCUT2D eigenvalue weighted by atomic mass is 10.3. The van der Waals surface area contributed by atoms with Crippen molar-refractivity contribution in [2.75, 3.05) is 11.4 Å². The zero-order valence-corrected chi connectivity index (χ0v) is 12.8. The van der Waals surface area contributed by atoms with Crippen LogP contribution in [-0.2, 0) is 14.8 Å². The number of halogens is 1. The molecule has 0 spiro atoms. The monoisotopic (exact) mass is 335 g/mol. The molecule has 1 aliphatic heterocycles. The standard InChI is InChI=1S/C15H14FN3O3S/c16-11-3-5-13(6-4-11)19-10-12(8-15(19)20)18-23(21,22)14-2-1-7-17-9-14/h1-7,9,12,18H,8,10H2/t12-/m1/s1. The Balaban J connectivity index is 1.74. The third kappa shape index (κ3) is 3.38. The zero-order valence-electron chi connectivity index (χ0n) is 12.0. The molecular weight excluding hydrogens is 321 g/mol. The fourth-order valence-corrected chi connectivity index (χ4v) is 3.64. The van der Waals surface area contributed by atoms with Crippen molar-refractivity contribution in [1.29, 1.82) is 0 Å². The molecule has 1 aromatic carbocycles. The number of anilines is 1. The molecule has 2 aromatic rings. The Bertz CT molecular complexity index is 810. The molecule has 1 aliphatic rings. The van der Waals surface area contributed by atoms with E-state index in [1.54, 1.807) is 0 Å². The summed E-state index contributed by atoms with van der Waals surface area (Å²) in [6, 6.07) is 7.92. The maximum atomic E-state index is 13.0. The van der Waals surface area contributed by atoms with Crippen molar-refractivity contribution < 1.29 is 17.6 Å². The Hall–Kier alpha value is -2.32. The van der Waals surface area contributed by atoms with Gasteiger partial charge in [-0.15, -0.1) is 0 Å². The second-order valence-electron chi connectivity index (χ2n) is 5.19. The second kappa shape index (κ2) is 6.05. The minimum absolute atomic E-state index is 0.0488. The van der Waals surface area contributed by atoms with Gasteiger partial charge in [0.05, 0.1) is 0 Å². The average molecular weight is 335 g/mol. The van der Waals surface area contributed by atoms with Crippen LogP contribution in [0.1, 0.15) is 6.42 Å². The first-order chi connectivity index (χ1) is 11.0. The summed E-state index contributed by atoms with van der Waals surface area (Å²) in [6.45, 7) is 0.198. The van der Waals surface area contributed by atoms with Gasteiger partial charge in [-0.1, -0.05) is 0 Å². The Morgan fingerprint density at radius 2 is 1.96 bits per heavy atom. The molecule has 0 radical (unpaired) electrons. The number of hydrogen-bond donors (Lipinski definition) is 1. The summed E-state index contributed by atoms with van der Waals surface area (Å²) in [5.74, 6) is -0.607. The molecule has 23 heavy (non-hydrogen) atoms. The molecule has 1 saturated heterocycles. The highest BCUT2D eigenvalue weighted by Gasteiger charge is 2.33. The number of sulfonamides is 1. The maximum absolute atomic E-state index is 13.0. The van der Waals surface area contributed by atoms with Gasteiger partial charge in [-0.05, 0) is 36.4 Å². The quantitative estimate of drug-likeness (QED) is 0.913. The van der Waals surface area contributed by atoms with Crippen LogP contribution in [0.5, 0.6) is 0 Å². The molecule has 0 bridgehead atoms. The van der Waals surface area contributed by atoms with E-state index < -0.39 is 21.9 Å². The van der Waals surface area contributed by atoms with E-state index in [0.717, 1.165) is 0 Å². The third-order valence-electron chi connectivity index (χ3n) is 3.53. The third-order valence-corrected chi connectivity index (χ3v) is 5.04. The predicted molar refractivity (Wildman–Crippen MR) is 81.7 cm³/mol. The van der Waals surface area contributed by atoms with E-state index in [9.17, 15) is 17.6 Å². The van der Waals surface area contributed by atoms with Gasteiger partial charge in [0.15, 0.2) is 0 Å². The number of nitrogens with zero attached hydrogens (tertiary/aromatic N) is 2. The number of pyridine rings is 1. The normalized spacial score (nSPS) is 18.4. The highest BCUT2D eigenvalue weighted by Crippen LogP contribution is 2.22. The first kappa shape index (κ1) is 15.6. The van der Waals surface area contributed by atoms with E-state index >= 15 is 0 Å². The van der Waals surface area contributed by atoms with Crippen molar-refractivity contribution in [3.05, 3.63) is 54.6 Å². The molecule has 2 heterocycles. The summed E-state index contributed by atoms with van der Waals surface area (Å²) in [4.78, 5) is 17.3. The molecule has 1 atom stereocenters. The minimum atomic E-state index is -3.73. The number of carbonyl (C=O) groups is 1. The van der Waals surface area contributed by atoms with Gasteiger partial charge in [-0.25, -0.2) is 17.5 Å². The number of hydrogen-bond acceptors (Lipinski definition) is 4. The number of nitrogens with one attached hydrogen (secondary N) is 1. The highest BCUT2D eigenvalue weighted by molar-refractivity contribution is 7.89. The van der Waals surface area contributed by atoms with Crippen LogP contribution in [-0.4, -0.2) is 31.9 Å². The Morgan fingerprint density at radius 1 is 1.22 bits per heavy atom. The Morgan fingerprint density at radius 3 is 2.61 bits per heavy atom. The van der Waals surface area contributed by atoms with Gasteiger partial charge < -0.3 is 4.90 Å². The lowest BCUT2D eigenvalue weighted by molar-refractivity contribution is -0.117. The van der Waals surface area contributed by atoms with Crippen molar-refractivity contribution in [1.82, 2.24) is 9.71 Å². The van der Waals surface area contributed by atoms with E-state index in [0.29, 0.717) is 5.69 Å². The molecule has 1 aromatic heterocycles. The van der Waals surface area contributed by atoms with Gasteiger partial charge in [0.2, 0.25) is 15.9 Å². The lowest BCUT2D eigenvalue weighted by Gasteiger charge is -2.17. The van der Waals surface area contributed by atoms with Crippen LogP contribution >= 0.6 is 0 Å². The van der Waals surface area contributed by atoms with Crippen molar-refractivity contribution >= 4 is 21.6 Å². The Labute approximate surface area is 133 Å². The minimum Gasteiger partial charge on any atom is -0.311 e. The fraction of sp³-hybridized carbons (Fsp3) is 0.200. The van der Waals surface area contributed by atoms with Crippen LogP contribution in [0.3, 0.4) is 0 Å². The van der Waals surface area contributed by atoms with Crippen molar-refractivity contribution in [3.8, 4) is 0 Å². The van der Waals surface area contributed by atoms with E-state index in [1.807, 2.05) is 0 Å². The first-order valence-corrected chi connectivity index (χ1v) is 8.42. The largest absolute Gasteiger partial charge is 0.311 e. The smallest absolute Gasteiger partial charge is 0.242 e. The van der Waals surface area contributed by atoms with Crippen LogP contribution in [0.25, 0.3) is 0 Å². The number of benzene rings is 1. The number of amides is 1. The molecular formula is C15H14FN3O3S. The van der Waals surface area contributed by atoms with Gasteiger partial charge in [0.1, 0.15) is 10.7 Å². The summed E-state index contributed by atoms with van der Waals surface area (Å²) in [6.07, 6.45) is 2.78. The molecule has 0 saturated carbocycles. The predicted octanol–water partition coefficient (Wildman–Crippen LogP) is 1.30. The fourth-order valence-electron chi connectivity index (χ4n) is 2.45. The molecule has 120 valence electrons. The van der Waals surface area contributed by atoms with Crippen LogP contribution in [0.4, 0.5) is 10.1 Å². The van der Waals surface area contributed by atoms with E-state index in [1.165, 1.54) is 53.7 Å². The average Bonchev–Trinajstić information content (AvgIpc) is 2.89. The molecule has 1 N–H and O–H groups in total. The molecule has 6 nitrogen and oxygen atoms in total. The van der Waals surface area contributed by atoms with Crippen molar-refractivity contribution in [3.63, 3.8) is 0 Å². The van der Waals surface area contributed by atoms with Gasteiger partial charge in [0, 0.05) is 37.1 Å². The summed E-state index contributed by atoms with van der Waals surface area (Å²) in [5, 5.41) is 0. The summed E-state index contributed by atoms with van der Waals surface area (Å²) in [5.41, 5.74) is 0.541. The summed E-state index contributed by atoms with van der Waals surface area (Å²) >= 11 is 0. The number of aromatic nitrogens is 1. The SMILES string of the molecule is O=C1C[C@@H](NS(=O)(=O)c2cccnc2)CN1c1ccc(F)cc1. The lowest BCUT2D eigenvalue weighted by Crippen LogP contribution is -2.37. The van der Waals surface area contributed by atoms with Crippen molar-refractivity contribution in [2.24, 2.45) is 0 Å². The van der Waals surface area contributed by atoms with E-state index in [4.69, 9.17) is 0 Å². The number of carbonyl (C=O) groups excluding carboxylic acids is 1. The van der Waals surface area contributed by atoms with Crippen molar-refractivity contribution in [2.45, 2.75) is 17.4 Å². The van der Waals surface area contributed by atoms with Gasteiger partial charge in [-0.3, -0.25) is 9.78 Å². The molecule has 1 amide bonds. The molecule has 0 unspecified atom stereocenters. The highest BCUT2D eigenvalue weighted by atomic mass is 32.2. The zero-order chi connectivity index (χ0) is 16.4. The summed E-state index contributed by atoms with van der Waals surface area (Å²) < 4.78 is 40.0. The first-order valence-electron chi connectivity index (χ1n) is 6.94. The number of rotatable bonds is 4. The van der Waals surface area contributed by atoms with Gasteiger partial charge in [-0.2, -0.15) is 0 Å². The van der Waals surface area contributed by atoms with Crippen LogP contribution in [0.15, 0.2) is 53.7 Å². The van der Waals surface area contributed by atoms with Gasteiger partial charge in [0.25, 0.3) is 0 Å². The topological polar surface area (TPSA) is 79.4 Å². The molecule has 3 rings (SSSR count). The van der Waals surface area contributed by atoms with Gasteiger partial charge >= 0.3 is 0 Å². The van der Waals surface area contributed by atoms with Crippen LogP contribution < -0.4 is 9.62 Å². The molecule has 1 fully saturated rings. The second-order valence-corrected chi connectivity index (χ2v) is 6.91. The van der Waals surface area contributed by atoms with Crippen LogP contribution in [0.2, 0.25) is 0 Å². The molecule has 0 aliphatic carbocycles.